The number of amides is 1. The summed E-state index contributed by atoms with van der Waals surface area (Å²) in [5.41, 5.74) is 2.08. The fourth-order valence-corrected chi connectivity index (χ4v) is 1.75. The molecule has 0 heterocycles. The van der Waals surface area contributed by atoms with Crippen molar-refractivity contribution in [3.63, 3.8) is 0 Å². The molecular formula is C14H19NO4. The molecule has 0 fully saturated rings. The first-order valence-corrected chi connectivity index (χ1v) is 6.16. The predicted molar refractivity (Wildman–Crippen MR) is 71.3 cm³/mol. The third-order valence-electron chi connectivity index (χ3n) is 2.80. The summed E-state index contributed by atoms with van der Waals surface area (Å²) < 4.78 is 5.44. The molecule has 1 N–H and O–H groups in total. The monoisotopic (exact) mass is 265 g/mol. The van der Waals surface area contributed by atoms with Crippen LogP contribution in [0.3, 0.4) is 0 Å². The number of benzene rings is 1. The summed E-state index contributed by atoms with van der Waals surface area (Å²) in [5, 5.41) is 8.58. The van der Waals surface area contributed by atoms with E-state index in [4.69, 9.17) is 9.84 Å². The number of carboxylic acids is 1. The highest BCUT2D eigenvalue weighted by Gasteiger charge is 2.16. The lowest BCUT2D eigenvalue weighted by molar-refractivity contribution is -0.155. The fraction of sp³-hybridized carbons (Fsp3) is 0.429. The van der Waals surface area contributed by atoms with Crippen LogP contribution >= 0.6 is 0 Å². The zero-order valence-corrected chi connectivity index (χ0v) is 11.5. The molecule has 0 aromatic heterocycles. The second-order valence-corrected chi connectivity index (χ2v) is 4.31. The molecule has 1 rings (SSSR count). The SMILES string of the molecule is CCOc1ccc(CCN(C)C(=O)C(=O)O)cc1C. The Labute approximate surface area is 112 Å². The molecule has 0 saturated heterocycles. The number of rotatable bonds is 5. The Balaban J connectivity index is 2.61. The summed E-state index contributed by atoms with van der Waals surface area (Å²) in [4.78, 5) is 22.9. The van der Waals surface area contributed by atoms with Gasteiger partial charge in [0, 0.05) is 13.6 Å². The molecule has 5 nitrogen and oxygen atoms in total. The van der Waals surface area contributed by atoms with Crippen LogP contribution in [0, 0.1) is 6.92 Å². The summed E-state index contributed by atoms with van der Waals surface area (Å²) in [7, 11) is 1.48. The second kappa shape index (κ2) is 6.78. The van der Waals surface area contributed by atoms with Crippen LogP contribution in [0.5, 0.6) is 5.75 Å². The van der Waals surface area contributed by atoms with Crippen LogP contribution in [0.15, 0.2) is 18.2 Å². The van der Waals surface area contributed by atoms with E-state index in [0.29, 0.717) is 19.6 Å². The summed E-state index contributed by atoms with van der Waals surface area (Å²) in [5.74, 6) is -1.46. The van der Waals surface area contributed by atoms with Crippen LogP contribution in [0.25, 0.3) is 0 Å². The maximum Gasteiger partial charge on any atom is 0.394 e. The molecule has 5 heteroatoms. The second-order valence-electron chi connectivity index (χ2n) is 4.31. The first kappa shape index (κ1) is 15.0. The Morgan fingerprint density at radius 2 is 2.05 bits per heavy atom. The third kappa shape index (κ3) is 4.28. The molecule has 0 aliphatic rings. The normalized spacial score (nSPS) is 10.1. The number of ether oxygens (including phenoxy) is 1. The number of hydrogen-bond donors (Lipinski definition) is 1. The highest BCUT2D eigenvalue weighted by Crippen LogP contribution is 2.19. The van der Waals surface area contributed by atoms with Gasteiger partial charge in [-0.1, -0.05) is 12.1 Å². The van der Waals surface area contributed by atoms with Crippen LogP contribution in [-0.2, 0) is 16.0 Å². The van der Waals surface area contributed by atoms with Gasteiger partial charge in [-0.2, -0.15) is 0 Å². The van der Waals surface area contributed by atoms with E-state index >= 15 is 0 Å². The maximum absolute atomic E-state index is 11.2. The zero-order chi connectivity index (χ0) is 14.4. The minimum Gasteiger partial charge on any atom is -0.494 e. The molecule has 1 aromatic carbocycles. The van der Waals surface area contributed by atoms with E-state index in [9.17, 15) is 9.59 Å². The lowest BCUT2D eigenvalue weighted by Crippen LogP contribution is -2.34. The van der Waals surface area contributed by atoms with Gasteiger partial charge in [-0.15, -0.1) is 0 Å². The molecule has 0 atom stereocenters. The number of nitrogens with zero attached hydrogens (tertiary/aromatic N) is 1. The summed E-state index contributed by atoms with van der Waals surface area (Å²) in [6.45, 7) is 4.88. The van der Waals surface area contributed by atoms with Crippen molar-refractivity contribution < 1.29 is 19.4 Å². The molecule has 0 bridgehead atoms. The smallest absolute Gasteiger partial charge is 0.394 e. The average molecular weight is 265 g/mol. The summed E-state index contributed by atoms with van der Waals surface area (Å²) in [6.07, 6.45) is 0.614. The van der Waals surface area contributed by atoms with Gasteiger partial charge in [0.05, 0.1) is 6.61 Å². The van der Waals surface area contributed by atoms with Crippen molar-refractivity contribution in [1.82, 2.24) is 4.90 Å². The average Bonchev–Trinajstić information content (AvgIpc) is 2.38. The number of aliphatic carboxylic acids is 1. The molecule has 0 unspecified atom stereocenters. The standard InChI is InChI=1S/C14H19NO4/c1-4-19-12-6-5-11(9-10(12)2)7-8-15(3)13(16)14(17)18/h5-6,9H,4,7-8H2,1-3H3,(H,17,18). The first-order valence-electron chi connectivity index (χ1n) is 6.16. The number of carbonyl (C=O) groups excluding carboxylic acids is 1. The van der Waals surface area contributed by atoms with Crippen molar-refractivity contribution in [3.05, 3.63) is 29.3 Å². The number of aryl methyl sites for hydroxylation is 1. The lowest BCUT2D eigenvalue weighted by atomic mass is 10.1. The highest BCUT2D eigenvalue weighted by atomic mass is 16.5. The molecule has 1 aromatic rings. The number of hydrogen-bond acceptors (Lipinski definition) is 3. The lowest BCUT2D eigenvalue weighted by Gasteiger charge is -2.15. The largest absolute Gasteiger partial charge is 0.494 e. The Morgan fingerprint density at radius 3 is 2.58 bits per heavy atom. The van der Waals surface area contributed by atoms with Gasteiger partial charge < -0.3 is 14.7 Å². The first-order chi connectivity index (χ1) is 8.95. The van der Waals surface area contributed by atoms with E-state index in [1.54, 1.807) is 0 Å². The Hall–Kier alpha value is -2.04. The Kier molecular flexibility index (Phi) is 5.36. The molecule has 0 aliphatic carbocycles. The maximum atomic E-state index is 11.2. The molecule has 0 saturated carbocycles. The highest BCUT2D eigenvalue weighted by molar-refractivity contribution is 6.31. The quantitative estimate of drug-likeness (QED) is 0.819. The topological polar surface area (TPSA) is 66.8 Å². The molecule has 104 valence electrons. The molecule has 0 aliphatic heterocycles. The van der Waals surface area contributed by atoms with Crippen molar-refractivity contribution in [3.8, 4) is 5.75 Å². The van der Waals surface area contributed by atoms with Crippen LogP contribution < -0.4 is 4.74 Å². The van der Waals surface area contributed by atoms with Crippen LogP contribution in [0.2, 0.25) is 0 Å². The molecule has 0 spiro atoms. The van der Waals surface area contributed by atoms with E-state index in [0.717, 1.165) is 16.9 Å². The van der Waals surface area contributed by atoms with Crippen molar-refractivity contribution >= 4 is 11.9 Å². The van der Waals surface area contributed by atoms with Crippen molar-refractivity contribution in [1.29, 1.82) is 0 Å². The number of carboxylic acid groups (broad SMARTS) is 1. The summed E-state index contributed by atoms with van der Waals surface area (Å²) >= 11 is 0. The van der Waals surface area contributed by atoms with Gasteiger partial charge in [-0.05, 0) is 37.5 Å². The van der Waals surface area contributed by atoms with Crippen molar-refractivity contribution in [2.24, 2.45) is 0 Å². The number of likely N-dealkylation sites (N-methyl/N-ethyl adjacent to an activating group) is 1. The summed E-state index contributed by atoms with van der Waals surface area (Å²) in [6, 6.07) is 5.81. The number of carbonyl (C=O) groups is 2. The van der Waals surface area contributed by atoms with Gasteiger partial charge in [0.2, 0.25) is 0 Å². The van der Waals surface area contributed by atoms with Crippen LogP contribution in [-0.4, -0.2) is 42.1 Å². The Morgan fingerprint density at radius 1 is 1.37 bits per heavy atom. The van der Waals surface area contributed by atoms with Gasteiger partial charge in [-0.3, -0.25) is 4.79 Å². The van der Waals surface area contributed by atoms with Gasteiger partial charge >= 0.3 is 11.9 Å². The fourth-order valence-electron chi connectivity index (χ4n) is 1.75. The Bertz CT molecular complexity index is 471. The van der Waals surface area contributed by atoms with Crippen LogP contribution in [0.4, 0.5) is 0 Å². The van der Waals surface area contributed by atoms with Crippen LogP contribution in [0.1, 0.15) is 18.1 Å². The van der Waals surface area contributed by atoms with Gasteiger partial charge in [0.1, 0.15) is 5.75 Å². The molecule has 19 heavy (non-hydrogen) atoms. The van der Waals surface area contributed by atoms with E-state index in [-0.39, 0.29) is 0 Å². The van der Waals surface area contributed by atoms with Gasteiger partial charge in [-0.25, -0.2) is 4.79 Å². The van der Waals surface area contributed by atoms with Crippen molar-refractivity contribution in [2.75, 3.05) is 20.2 Å². The van der Waals surface area contributed by atoms with Gasteiger partial charge in [0.15, 0.2) is 0 Å². The van der Waals surface area contributed by atoms with Crippen molar-refractivity contribution in [2.45, 2.75) is 20.3 Å². The van der Waals surface area contributed by atoms with E-state index in [1.165, 1.54) is 11.9 Å². The zero-order valence-electron chi connectivity index (χ0n) is 11.5. The molecule has 0 radical (unpaired) electrons. The predicted octanol–water partition coefficient (Wildman–Crippen LogP) is 1.48. The molecular weight excluding hydrogens is 246 g/mol. The van der Waals surface area contributed by atoms with E-state index in [2.05, 4.69) is 0 Å². The molecule has 1 amide bonds. The minimum absolute atomic E-state index is 0.374. The minimum atomic E-state index is -1.43. The van der Waals surface area contributed by atoms with E-state index < -0.39 is 11.9 Å². The van der Waals surface area contributed by atoms with Gasteiger partial charge in [0.25, 0.3) is 0 Å². The third-order valence-corrected chi connectivity index (χ3v) is 2.80. The van der Waals surface area contributed by atoms with E-state index in [1.807, 2.05) is 32.0 Å².